The summed E-state index contributed by atoms with van der Waals surface area (Å²) in [7, 11) is 1.84. The molecule has 2 aromatic rings. The predicted octanol–water partition coefficient (Wildman–Crippen LogP) is 1.08. The highest BCUT2D eigenvalue weighted by Crippen LogP contribution is 2.25. The molecule has 1 amide bonds. The Bertz CT molecular complexity index is 724. The molecule has 0 unspecified atom stereocenters. The quantitative estimate of drug-likeness (QED) is 0.855. The molecule has 24 heavy (non-hydrogen) atoms. The maximum Gasteiger partial charge on any atom is 0.254 e. The number of carbonyl (C=O) groups is 1. The minimum Gasteiger partial charge on any atom is -0.471 e. The molecule has 0 spiro atoms. The van der Waals surface area contributed by atoms with Crippen molar-refractivity contribution < 1.29 is 13.9 Å². The van der Waals surface area contributed by atoms with Crippen molar-refractivity contribution in [2.24, 2.45) is 12.8 Å². The van der Waals surface area contributed by atoms with E-state index >= 15 is 0 Å². The Morgan fingerprint density at radius 2 is 2.29 bits per heavy atom. The van der Waals surface area contributed by atoms with Crippen molar-refractivity contribution in [2.75, 3.05) is 13.1 Å². The lowest BCUT2D eigenvalue weighted by molar-refractivity contribution is 0.0676. The highest BCUT2D eigenvalue weighted by atomic mass is 35.5. The molecule has 7 nitrogen and oxygen atoms in total. The van der Waals surface area contributed by atoms with E-state index in [2.05, 4.69) is 15.3 Å². The fraction of sp³-hybridized carbons (Fsp3) is 0.400. The monoisotopic (exact) mass is 355 g/mol. The van der Waals surface area contributed by atoms with E-state index in [0.717, 1.165) is 0 Å². The highest BCUT2D eigenvalue weighted by Gasteiger charge is 2.28. The smallest absolute Gasteiger partial charge is 0.254 e. The van der Waals surface area contributed by atoms with Crippen LogP contribution in [0.4, 0.5) is 4.39 Å². The first-order valence-electron chi connectivity index (χ1n) is 7.34. The van der Waals surface area contributed by atoms with Crippen LogP contribution in [0.3, 0.4) is 0 Å². The van der Waals surface area contributed by atoms with Crippen molar-refractivity contribution in [1.82, 2.24) is 19.9 Å². The molecular weight excluding hydrogens is 337 g/mol. The van der Waals surface area contributed by atoms with Crippen LogP contribution in [0.25, 0.3) is 11.3 Å². The van der Waals surface area contributed by atoms with E-state index in [1.807, 2.05) is 7.05 Å². The van der Waals surface area contributed by atoms with Crippen LogP contribution in [-0.4, -0.2) is 45.8 Å². The van der Waals surface area contributed by atoms with Gasteiger partial charge in [0.05, 0.1) is 12.0 Å². The standard InChI is InChI=1S/C15H18FN5O2.ClH/c1-21-7-12(20-8-21)9-4-10(14(17)22)15(19-5-9)23-13-2-3-18-6-11(13)16;/h4-5,7-8,11,13,18H,2-3,6H2,1H3,(H2,17,22);1H/t11-,13+;/m1./s1. The van der Waals surface area contributed by atoms with Crippen LogP contribution in [0.2, 0.25) is 0 Å². The molecule has 9 heteroatoms. The van der Waals surface area contributed by atoms with E-state index < -0.39 is 18.2 Å². The first-order chi connectivity index (χ1) is 11.0. The number of rotatable bonds is 4. The Morgan fingerprint density at radius 1 is 1.50 bits per heavy atom. The highest BCUT2D eigenvalue weighted by molar-refractivity contribution is 5.96. The van der Waals surface area contributed by atoms with Crippen LogP contribution >= 0.6 is 12.4 Å². The lowest BCUT2D eigenvalue weighted by atomic mass is 10.1. The third-order valence-corrected chi connectivity index (χ3v) is 3.73. The zero-order chi connectivity index (χ0) is 16.4. The van der Waals surface area contributed by atoms with Gasteiger partial charge in [-0.1, -0.05) is 0 Å². The third kappa shape index (κ3) is 3.82. The van der Waals surface area contributed by atoms with Crippen LogP contribution in [0.15, 0.2) is 24.8 Å². The zero-order valence-corrected chi connectivity index (χ0v) is 13.9. The van der Waals surface area contributed by atoms with Gasteiger partial charge in [-0.3, -0.25) is 4.79 Å². The summed E-state index contributed by atoms with van der Waals surface area (Å²) in [5.41, 5.74) is 6.85. The lowest BCUT2D eigenvalue weighted by Crippen LogP contribution is -2.44. The van der Waals surface area contributed by atoms with Crippen LogP contribution in [-0.2, 0) is 7.05 Å². The number of alkyl halides is 1. The number of nitrogens with zero attached hydrogens (tertiary/aromatic N) is 3. The van der Waals surface area contributed by atoms with E-state index in [-0.39, 0.29) is 30.4 Å². The summed E-state index contributed by atoms with van der Waals surface area (Å²) in [5, 5.41) is 2.94. The summed E-state index contributed by atoms with van der Waals surface area (Å²) < 4.78 is 21.3. The zero-order valence-electron chi connectivity index (χ0n) is 13.1. The van der Waals surface area contributed by atoms with Gasteiger partial charge in [0.15, 0.2) is 0 Å². The van der Waals surface area contributed by atoms with Gasteiger partial charge < -0.3 is 20.4 Å². The van der Waals surface area contributed by atoms with Gasteiger partial charge in [0.1, 0.15) is 17.8 Å². The molecular formula is C15H19ClFN5O2. The van der Waals surface area contributed by atoms with Gasteiger partial charge in [0.25, 0.3) is 5.91 Å². The van der Waals surface area contributed by atoms with Gasteiger partial charge in [0, 0.05) is 31.5 Å². The van der Waals surface area contributed by atoms with Crippen molar-refractivity contribution in [2.45, 2.75) is 18.7 Å². The number of piperidine rings is 1. The molecule has 2 atom stereocenters. The average Bonchev–Trinajstić information content (AvgIpc) is 2.96. The second kappa shape index (κ2) is 7.59. The summed E-state index contributed by atoms with van der Waals surface area (Å²) in [4.78, 5) is 20.1. The third-order valence-electron chi connectivity index (χ3n) is 3.73. The molecule has 0 saturated carbocycles. The van der Waals surface area contributed by atoms with Crippen molar-refractivity contribution in [1.29, 1.82) is 0 Å². The number of aryl methyl sites for hydroxylation is 1. The summed E-state index contributed by atoms with van der Waals surface area (Å²) in [6.07, 6.45) is 3.70. The Kier molecular flexibility index (Phi) is 5.74. The number of imidazole rings is 1. The fourth-order valence-corrected chi connectivity index (χ4v) is 2.50. The van der Waals surface area contributed by atoms with Crippen LogP contribution in [0, 0.1) is 0 Å². The molecule has 3 rings (SSSR count). The number of carbonyl (C=O) groups excluding carboxylic acids is 1. The second-order valence-corrected chi connectivity index (χ2v) is 5.53. The Balaban J connectivity index is 0.00000208. The maximum absolute atomic E-state index is 13.9. The van der Waals surface area contributed by atoms with E-state index in [1.165, 1.54) is 0 Å². The fourth-order valence-electron chi connectivity index (χ4n) is 2.50. The molecule has 0 aromatic carbocycles. The molecule has 2 aromatic heterocycles. The van der Waals surface area contributed by atoms with Crippen LogP contribution < -0.4 is 15.8 Å². The van der Waals surface area contributed by atoms with Gasteiger partial charge in [-0.15, -0.1) is 12.4 Å². The number of ether oxygens (including phenoxy) is 1. The number of primary amides is 1. The van der Waals surface area contributed by atoms with E-state index in [0.29, 0.717) is 24.2 Å². The molecule has 1 aliphatic rings. The van der Waals surface area contributed by atoms with Gasteiger partial charge in [-0.05, 0) is 19.0 Å². The number of hydrogen-bond acceptors (Lipinski definition) is 5. The molecule has 3 N–H and O–H groups in total. The van der Waals surface area contributed by atoms with E-state index in [9.17, 15) is 9.18 Å². The van der Waals surface area contributed by atoms with Gasteiger partial charge >= 0.3 is 0 Å². The van der Waals surface area contributed by atoms with Crippen LogP contribution in [0.5, 0.6) is 5.88 Å². The Morgan fingerprint density at radius 3 is 2.92 bits per heavy atom. The van der Waals surface area contributed by atoms with Crippen molar-refractivity contribution in [3.05, 3.63) is 30.4 Å². The molecule has 0 radical (unpaired) electrons. The SMILES string of the molecule is Cl.Cn1cnc(-c2cnc(O[C@H]3CCNC[C@H]3F)c(C(N)=O)c2)c1. The first kappa shape index (κ1) is 18.2. The minimum absolute atomic E-state index is 0. The number of aromatic nitrogens is 3. The topological polar surface area (TPSA) is 95.1 Å². The van der Waals surface area contributed by atoms with Crippen molar-refractivity contribution >= 4 is 18.3 Å². The number of nitrogens with two attached hydrogens (primary N) is 1. The number of nitrogens with one attached hydrogen (secondary N) is 1. The molecule has 130 valence electrons. The number of pyridine rings is 1. The summed E-state index contributed by atoms with van der Waals surface area (Å²) in [6, 6.07) is 1.57. The van der Waals surface area contributed by atoms with Gasteiger partial charge in [-0.25, -0.2) is 14.4 Å². The summed E-state index contributed by atoms with van der Waals surface area (Å²) >= 11 is 0. The van der Waals surface area contributed by atoms with E-state index in [1.54, 1.807) is 29.4 Å². The molecule has 1 saturated heterocycles. The predicted molar refractivity (Wildman–Crippen MR) is 89.0 cm³/mol. The Hall–Kier alpha value is -2.19. The van der Waals surface area contributed by atoms with E-state index in [4.69, 9.17) is 10.5 Å². The molecule has 3 heterocycles. The summed E-state index contributed by atoms with van der Waals surface area (Å²) in [5.74, 6) is -0.610. The first-order valence-corrected chi connectivity index (χ1v) is 7.34. The van der Waals surface area contributed by atoms with Crippen molar-refractivity contribution in [3.8, 4) is 17.1 Å². The van der Waals surface area contributed by atoms with Gasteiger partial charge in [-0.2, -0.15) is 0 Å². The summed E-state index contributed by atoms with van der Waals surface area (Å²) in [6.45, 7) is 0.881. The lowest BCUT2D eigenvalue weighted by Gasteiger charge is -2.27. The largest absolute Gasteiger partial charge is 0.471 e. The van der Waals surface area contributed by atoms with Gasteiger partial charge in [0.2, 0.25) is 5.88 Å². The Labute approximate surface area is 144 Å². The molecule has 1 fully saturated rings. The van der Waals surface area contributed by atoms with Crippen LogP contribution in [0.1, 0.15) is 16.8 Å². The molecule has 0 bridgehead atoms. The van der Waals surface area contributed by atoms with Crippen molar-refractivity contribution in [3.63, 3.8) is 0 Å². The number of amides is 1. The molecule has 0 aliphatic carbocycles. The molecule has 1 aliphatic heterocycles. The second-order valence-electron chi connectivity index (χ2n) is 5.53. The minimum atomic E-state index is -1.15. The maximum atomic E-state index is 13.9. The average molecular weight is 356 g/mol. The number of hydrogen-bond donors (Lipinski definition) is 2. The normalized spacial score (nSPS) is 20.2. The number of halogens is 2.